The van der Waals surface area contributed by atoms with Gasteiger partial charge >= 0.3 is 0 Å². The maximum atomic E-state index is 11.7. The summed E-state index contributed by atoms with van der Waals surface area (Å²) in [6, 6.07) is 5.75. The summed E-state index contributed by atoms with van der Waals surface area (Å²) in [5, 5.41) is 2.89. The Labute approximate surface area is 101 Å². The molecule has 1 aliphatic rings. The summed E-state index contributed by atoms with van der Waals surface area (Å²) in [6.45, 7) is 2.50. The van der Waals surface area contributed by atoms with Crippen LogP contribution < -0.4 is 11.1 Å². The van der Waals surface area contributed by atoms with E-state index in [2.05, 4.69) is 5.32 Å². The van der Waals surface area contributed by atoms with E-state index in [1.54, 1.807) is 7.11 Å². The molecule has 0 aromatic heterocycles. The molecule has 0 fully saturated rings. The molecule has 0 radical (unpaired) electrons. The molecule has 0 bridgehead atoms. The van der Waals surface area contributed by atoms with Crippen molar-refractivity contribution in [2.45, 2.75) is 25.3 Å². The molecule has 4 nitrogen and oxygen atoms in total. The lowest BCUT2D eigenvalue weighted by atomic mass is 9.95. The fourth-order valence-corrected chi connectivity index (χ4v) is 2.26. The minimum Gasteiger partial charge on any atom is -0.383 e. The van der Waals surface area contributed by atoms with Crippen LogP contribution in [0.5, 0.6) is 0 Å². The van der Waals surface area contributed by atoms with Gasteiger partial charge in [-0.25, -0.2) is 0 Å². The highest BCUT2D eigenvalue weighted by Crippen LogP contribution is 2.35. The lowest BCUT2D eigenvalue weighted by Crippen LogP contribution is -2.16. The third-order valence-corrected chi connectivity index (χ3v) is 3.21. The molecule has 1 aromatic carbocycles. The Kier molecular flexibility index (Phi) is 3.45. The molecule has 0 saturated carbocycles. The Hall–Kier alpha value is -1.39. The van der Waals surface area contributed by atoms with Gasteiger partial charge in [-0.15, -0.1) is 0 Å². The molecule has 0 aliphatic carbocycles. The van der Waals surface area contributed by atoms with E-state index in [1.807, 2.05) is 25.1 Å². The lowest BCUT2D eigenvalue weighted by molar-refractivity contribution is -0.117. The number of fused-ring (bicyclic) bond motifs is 1. The number of carbonyl (C=O) groups excluding carboxylic acids is 1. The molecule has 92 valence electrons. The van der Waals surface area contributed by atoms with Crippen molar-refractivity contribution in [3.63, 3.8) is 0 Å². The van der Waals surface area contributed by atoms with E-state index in [9.17, 15) is 4.79 Å². The zero-order chi connectivity index (χ0) is 12.4. The van der Waals surface area contributed by atoms with E-state index in [4.69, 9.17) is 10.5 Å². The van der Waals surface area contributed by atoms with E-state index >= 15 is 0 Å². The van der Waals surface area contributed by atoms with Crippen LogP contribution >= 0.6 is 0 Å². The van der Waals surface area contributed by atoms with Crippen molar-refractivity contribution in [1.29, 1.82) is 0 Å². The number of anilines is 1. The maximum absolute atomic E-state index is 11.7. The fourth-order valence-electron chi connectivity index (χ4n) is 2.26. The lowest BCUT2D eigenvalue weighted by Gasteiger charge is -2.13. The summed E-state index contributed by atoms with van der Waals surface area (Å²) >= 11 is 0. The highest BCUT2D eigenvalue weighted by molar-refractivity contribution is 6.02. The molecule has 2 unspecified atom stereocenters. The zero-order valence-electron chi connectivity index (χ0n) is 10.2. The number of benzene rings is 1. The average molecular weight is 234 g/mol. The minimum absolute atomic E-state index is 0.0419. The third kappa shape index (κ3) is 2.18. The van der Waals surface area contributed by atoms with Gasteiger partial charge in [0.25, 0.3) is 0 Å². The van der Waals surface area contributed by atoms with Crippen LogP contribution in [-0.2, 0) is 9.53 Å². The monoisotopic (exact) mass is 234 g/mol. The largest absolute Gasteiger partial charge is 0.383 e. The van der Waals surface area contributed by atoms with Gasteiger partial charge in [0, 0.05) is 12.8 Å². The normalized spacial score (nSPS) is 19.9. The highest BCUT2D eigenvalue weighted by atomic mass is 16.5. The Bertz CT molecular complexity index is 431. The van der Waals surface area contributed by atoms with Crippen LogP contribution in [0.2, 0.25) is 0 Å². The first-order chi connectivity index (χ1) is 8.17. The van der Waals surface area contributed by atoms with E-state index in [-0.39, 0.29) is 17.9 Å². The number of amides is 1. The summed E-state index contributed by atoms with van der Waals surface area (Å²) in [6.07, 6.45) is 0.807. The van der Waals surface area contributed by atoms with Gasteiger partial charge < -0.3 is 15.8 Å². The predicted octanol–water partition coefficient (Wildman–Crippen LogP) is 1.78. The van der Waals surface area contributed by atoms with Crippen LogP contribution in [0.25, 0.3) is 0 Å². The molecule has 17 heavy (non-hydrogen) atoms. The van der Waals surface area contributed by atoms with E-state index < -0.39 is 0 Å². The first-order valence-electron chi connectivity index (χ1n) is 5.86. The molecule has 1 aromatic rings. The molecule has 1 aliphatic heterocycles. The summed E-state index contributed by atoms with van der Waals surface area (Å²) in [5.74, 6) is 0.0413. The van der Waals surface area contributed by atoms with Gasteiger partial charge in [-0.05, 0) is 23.6 Å². The molecule has 0 saturated heterocycles. The molecule has 2 rings (SSSR count). The molecule has 2 atom stereocenters. The van der Waals surface area contributed by atoms with Crippen molar-refractivity contribution >= 4 is 11.6 Å². The number of hydrogen-bond donors (Lipinski definition) is 2. The van der Waals surface area contributed by atoms with Crippen LogP contribution in [0, 0.1) is 0 Å². The first kappa shape index (κ1) is 12.1. The van der Waals surface area contributed by atoms with Gasteiger partial charge in [0.2, 0.25) is 5.91 Å². The third-order valence-electron chi connectivity index (χ3n) is 3.21. The van der Waals surface area contributed by atoms with Gasteiger partial charge in [0.15, 0.2) is 0 Å². The number of nitrogens with two attached hydrogens (primary N) is 1. The highest BCUT2D eigenvalue weighted by Gasteiger charge is 2.29. The van der Waals surface area contributed by atoms with Gasteiger partial charge in [0.05, 0.1) is 18.6 Å². The average Bonchev–Trinajstić information content (AvgIpc) is 2.63. The number of ether oxygens (including phenoxy) is 1. The second kappa shape index (κ2) is 4.85. The maximum Gasteiger partial charge on any atom is 0.231 e. The Morgan fingerprint density at radius 2 is 2.29 bits per heavy atom. The van der Waals surface area contributed by atoms with Gasteiger partial charge in [-0.1, -0.05) is 19.1 Å². The van der Waals surface area contributed by atoms with Crippen molar-refractivity contribution < 1.29 is 9.53 Å². The zero-order valence-corrected chi connectivity index (χ0v) is 10.2. The number of nitrogens with one attached hydrogen (secondary N) is 1. The van der Waals surface area contributed by atoms with Crippen molar-refractivity contribution in [2.75, 3.05) is 19.0 Å². The van der Waals surface area contributed by atoms with Crippen LogP contribution in [0.1, 0.15) is 36.4 Å². The molecule has 1 heterocycles. The molecule has 4 heteroatoms. The minimum atomic E-state index is -0.140. The standard InChI is InChI=1S/C13H18N2O2/c1-3-9-10-6-8(11(14)7-17-2)4-5-12(10)15-13(9)16/h4-6,9,11H,3,7,14H2,1-2H3,(H,15,16). The van der Waals surface area contributed by atoms with Gasteiger partial charge in [-0.2, -0.15) is 0 Å². The predicted molar refractivity (Wildman–Crippen MR) is 66.9 cm³/mol. The van der Waals surface area contributed by atoms with Crippen molar-refractivity contribution in [3.8, 4) is 0 Å². The SMILES string of the molecule is CCC1C(=O)Nc2ccc(C(N)COC)cc21. The summed E-state index contributed by atoms with van der Waals surface area (Å²) in [7, 11) is 1.63. The summed E-state index contributed by atoms with van der Waals surface area (Å²) in [5.41, 5.74) is 8.97. The van der Waals surface area contributed by atoms with Crippen LogP contribution in [-0.4, -0.2) is 19.6 Å². The number of rotatable bonds is 4. The van der Waals surface area contributed by atoms with Gasteiger partial charge in [-0.3, -0.25) is 4.79 Å². The van der Waals surface area contributed by atoms with Gasteiger partial charge in [0.1, 0.15) is 0 Å². The molecular formula is C13H18N2O2. The van der Waals surface area contributed by atoms with Crippen molar-refractivity contribution in [3.05, 3.63) is 29.3 Å². The Balaban J connectivity index is 2.31. The van der Waals surface area contributed by atoms with E-state index in [0.29, 0.717) is 6.61 Å². The smallest absolute Gasteiger partial charge is 0.231 e. The molecule has 3 N–H and O–H groups in total. The summed E-state index contributed by atoms with van der Waals surface area (Å²) in [4.78, 5) is 11.7. The second-order valence-electron chi connectivity index (χ2n) is 4.36. The summed E-state index contributed by atoms with van der Waals surface area (Å²) < 4.78 is 5.04. The van der Waals surface area contributed by atoms with Crippen LogP contribution in [0.3, 0.4) is 0 Å². The molecular weight excluding hydrogens is 216 g/mol. The van der Waals surface area contributed by atoms with Crippen molar-refractivity contribution in [2.24, 2.45) is 5.73 Å². The molecule has 1 amide bonds. The Morgan fingerprint density at radius 3 is 2.94 bits per heavy atom. The quantitative estimate of drug-likeness (QED) is 0.834. The van der Waals surface area contributed by atoms with E-state index in [1.165, 1.54) is 0 Å². The van der Waals surface area contributed by atoms with Crippen molar-refractivity contribution in [1.82, 2.24) is 0 Å². The Morgan fingerprint density at radius 1 is 1.53 bits per heavy atom. The first-order valence-corrected chi connectivity index (χ1v) is 5.86. The molecule has 0 spiro atoms. The topological polar surface area (TPSA) is 64.4 Å². The number of methoxy groups -OCH3 is 1. The fraction of sp³-hybridized carbons (Fsp3) is 0.462. The second-order valence-corrected chi connectivity index (χ2v) is 4.36. The van der Waals surface area contributed by atoms with E-state index in [0.717, 1.165) is 23.2 Å². The van der Waals surface area contributed by atoms with Crippen LogP contribution in [0.15, 0.2) is 18.2 Å². The van der Waals surface area contributed by atoms with Crippen LogP contribution in [0.4, 0.5) is 5.69 Å². The number of carbonyl (C=O) groups is 1. The number of hydrogen-bond acceptors (Lipinski definition) is 3.